The molecule has 1 amide bonds. The van der Waals surface area contributed by atoms with Crippen LogP contribution in [0.15, 0.2) is 11.4 Å². The highest BCUT2D eigenvalue weighted by molar-refractivity contribution is 7.98. The van der Waals surface area contributed by atoms with Crippen LogP contribution < -0.4 is 5.32 Å². The summed E-state index contributed by atoms with van der Waals surface area (Å²) in [5, 5.41) is 12.8. The van der Waals surface area contributed by atoms with Crippen molar-refractivity contribution in [3.05, 3.63) is 16.9 Å². The van der Waals surface area contributed by atoms with Gasteiger partial charge in [-0.3, -0.25) is 4.79 Å². The number of rotatable bonds is 4. The molecule has 1 aliphatic carbocycles. The number of amides is 1. The van der Waals surface area contributed by atoms with Crippen molar-refractivity contribution in [2.24, 2.45) is 0 Å². The van der Waals surface area contributed by atoms with E-state index in [2.05, 4.69) is 15.3 Å². The smallest absolute Gasteiger partial charge is 0.272 e. The van der Waals surface area contributed by atoms with Gasteiger partial charge in [0.25, 0.3) is 5.91 Å². The standard InChI is InChI=1S/C11H14ClN3O2S/c1-18-10-13-5-7(12)8(14-10)9(17)15-11(6-16)3-2-4-11/h5,16H,2-4,6H2,1H3,(H,15,17). The van der Waals surface area contributed by atoms with Crippen molar-refractivity contribution in [1.29, 1.82) is 0 Å². The first-order valence-corrected chi connectivity index (χ1v) is 7.20. The van der Waals surface area contributed by atoms with Gasteiger partial charge in [0.1, 0.15) is 0 Å². The van der Waals surface area contributed by atoms with Gasteiger partial charge in [-0.25, -0.2) is 9.97 Å². The third kappa shape index (κ3) is 2.60. The van der Waals surface area contributed by atoms with E-state index < -0.39 is 5.54 Å². The van der Waals surface area contributed by atoms with Crippen LogP contribution >= 0.6 is 23.4 Å². The Labute approximate surface area is 114 Å². The van der Waals surface area contributed by atoms with Crippen LogP contribution in [0.3, 0.4) is 0 Å². The number of aromatic nitrogens is 2. The Morgan fingerprint density at radius 1 is 1.67 bits per heavy atom. The Bertz CT molecular complexity index is 460. The second-order valence-corrected chi connectivity index (χ2v) is 5.48. The lowest BCUT2D eigenvalue weighted by Gasteiger charge is -2.40. The lowest BCUT2D eigenvalue weighted by molar-refractivity contribution is 0.0637. The molecule has 0 saturated heterocycles. The Balaban J connectivity index is 2.18. The molecule has 98 valence electrons. The first kappa shape index (κ1) is 13.6. The molecule has 0 radical (unpaired) electrons. The molecule has 7 heteroatoms. The number of nitrogens with one attached hydrogen (secondary N) is 1. The normalized spacial score (nSPS) is 17.1. The van der Waals surface area contributed by atoms with Crippen molar-refractivity contribution in [2.75, 3.05) is 12.9 Å². The molecule has 18 heavy (non-hydrogen) atoms. The Hall–Kier alpha value is -0.850. The van der Waals surface area contributed by atoms with Gasteiger partial charge in [-0.05, 0) is 25.5 Å². The maximum atomic E-state index is 12.1. The number of carbonyl (C=O) groups excluding carboxylic acids is 1. The molecule has 0 spiro atoms. The van der Waals surface area contributed by atoms with Gasteiger partial charge in [0.05, 0.1) is 23.4 Å². The number of hydrogen-bond acceptors (Lipinski definition) is 5. The lowest BCUT2D eigenvalue weighted by Crippen LogP contribution is -2.56. The average molecular weight is 288 g/mol. The second-order valence-electron chi connectivity index (χ2n) is 4.30. The molecule has 1 fully saturated rings. The highest BCUT2D eigenvalue weighted by Crippen LogP contribution is 2.31. The van der Waals surface area contributed by atoms with Gasteiger partial charge < -0.3 is 10.4 Å². The van der Waals surface area contributed by atoms with Crippen LogP contribution in [0.5, 0.6) is 0 Å². The van der Waals surface area contributed by atoms with Crippen LogP contribution in [0.1, 0.15) is 29.8 Å². The largest absolute Gasteiger partial charge is 0.394 e. The van der Waals surface area contributed by atoms with E-state index in [1.54, 1.807) is 0 Å². The summed E-state index contributed by atoms with van der Waals surface area (Å²) in [6.45, 7) is -0.0587. The number of thioether (sulfide) groups is 1. The Kier molecular flexibility index (Phi) is 4.09. The minimum Gasteiger partial charge on any atom is -0.394 e. The molecule has 1 aromatic rings. The number of aliphatic hydroxyl groups excluding tert-OH is 1. The van der Waals surface area contributed by atoms with E-state index in [0.717, 1.165) is 19.3 Å². The topological polar surface area (TPSA) is 75.1 Å². The lowest BCUT2D eigenvalue weighted by atomic mass is 9.77. The summed E-state index contributed by atoms with van der Waals surface area (Å²) in [7, 11) is 0. The first-order valence-electron chi connectivity index (χ1n) is 5.60. The maximum absolute atomic E-state index is 12.1. The molecule has 0 unspecified atom stereocenters. The molecule has 0 bridgehead atoms. The SMILES string of the molecule is CSc1ncc(Cl)c(C(=O)NC2(CO)CCC2)n1. The van der Waals surface area contributed by atoms with Crippen molar-refractivity contribution < 1.29 is 9.90 Å². The van der Waals surface area contributed by atoms with Crippen LogP contribution in [-0.4, -0.2) is 39.4 Å². The minimum atomic E-state index is -0.495. The predicted molar refractivity (Wildman–Crippen MR) is 70.0 cm³/mol. The zero-order valence-electron chi connectivity index (χ0n) is 9.94. The van der Waals surface area contributed by atoms with Gasteiger partial charge in [-0.2, -0.15) is 0 Å². The van der Waals surface area contributed by atoms with E-state index in [1.165, 1.54) is 18.0 Å². The first-order chi connectivity index (χ1) is 8.60. The quantitative estimate of drug-likeness (QED) is 0.648. The van der Waals surface area contributed by atoms with E-state index in [-0.39, 0.29) is 23.2 Å². The summed E-state index contributed by atoms with van der Waals surface area (Å²) < 4.78 is 0. The number of hydrogen-bond donors (Lipinski definition) is 2. The van der Waals surface area contributed by atoms with E-state index in [0.29, 0.717) is 5.16 Å². The Morgan fingerprint density at radius 3 is 2.89 bits per heavy atom. The number of nitrogens with zero attached hydrogens (tertiary/aromatic N) is 2. The van der Waals surface area contributed by atoms with Crippen molar-refractivity contribution in [3.63, 3.8) is 0 Å². The summed E-state index contributed by atoms with van der Waals surface area (Å²) in [6, 6.07) is 0. The molecule has 5 nitrogen and oxygen atoms in total. The summed E-state index contributed by atoms with van der Waals surface area (Å²) in [6.07, 6.45) is 5.82. The molecule has 1 aromatic heterocycles. The van der Waals surface area contributed by atoms with Gasteiger partial charge in [0.15, 0.2) is 10.9 Å². The van der Waals surface area contributed by atoms with Gasteiger partial charge >= 0.3 is 0 Å². The summed E-state index contributed by atoms with van der Waals surface area (Å²) in [5.74, 6) is -0.355. The summed E-state index contributed by atoms with van der Waals surface area (Å²) >= 11 is 7.27. The predicted octanol–water partition coefficient (Wildman–Crippen LogP) is 1.50. The van der Waals surface area contributed by atoms with Crippen LogP contribution in [0, 0.1) is 0 Å². The highest BCUT2D eigenvalue weighted by atomic mass is 35.5. The van der Waals surface area contributed by atoms with Crippen LogP contribution in [0.2, 0.25) is 5.02 Å². The highest BCUT2D eigenvalue weighted by Gasteiger charge is 2.38. The molecule has 1 aliphatic rings. The summed E-state index contributed by atoms with van der Waals surface area (Å²) in [5.41, 5.74) is -0.332. The molecule has 2 N–H and O–H groups in total. The molecule has 2 rings (SSSR count). The molecule has 0 atom stereocenters. The zero-order valence-corrected chi connectivity index (χ0v) is 11.5. The molecule has 0 aromatic carbocycles. The second kappa shape index (κ2) is 5.42. The van der Waals surface area contributed by atoms with Gasteiger partial charge in [-0.15, -0.1) is 0 Å². The Morgan fingerprint density at radius 2 is 2.39 bits per heavy atom. The third-order valence-electron chi connectivity index (χ3n) is 3.11. The van der Waals surface area contributed by atoms with Crippen LogP contribution in [-0.2, 0) is 0 Å². The van der Waals surface area contributed by atoms with Crippen molar-refractivity contribution in [2.45, 2.75) is 30.0 Å². The molecule has 1 saturated carbocycles. The van der Waals surface area contributed by atoms with Crippen LogP contribution in [0.25, 0.3) is 0 Å². The minimum absolute atomic E-state index is 0.0587. The fourth-order valence-electron chi connectivity index (χ4n) is 1.83. The number of aliphatic hydroxyl groups is 1. The fourth-order valence-corrected chi connectivity index (χ4v) is 2.35. The fraction of sp³-hybridized carbons (Fsp3) is 0.545. The molecular formula is C11H14ClN3O2S. The monoisotopic (exact) mass is 287 g/mol. The number of halogens is 1. The third-order valence-corrected chi connectivity index (χ3v) is 3.95. The maximum Gasteiger partial charge on any atom is 0.272 e. The van der Waals surface area contributed by atoms with E-state index >= 15 is 0 Å². The number of carbonyl (C=O) groups is 1. The van der Waals surface area contributed by atoms with Gasteiger partial charge in [0, 0.05) is 0 Å². The molecule has 0 aliphatic heterocycles. The van der Waals surface area contributed by atoms with E-state index in [4.69, 9.17) is 11.6 Å². The summed E-state index contributed by atoms with van der Waals surface area (Å²) in [4.78, 5) is 20.2. The van der Waals surface area contributed by atoms with Crippen molar-refractivity contribution >= 4 is 29.3 Å². The van der Waals surface area contributed by atoms with E-state index in [1.807, 2.05) is 6.26 Å². The van der Waals surface area contributed by atoms with Crippen LogP contribution in [0.4, 0.5) is 0 Å². The van der Waals surface area contributed by atoms with Gasteiger partial charge in [0.2, 0.25) is 0 Å². The van der Waals surface area contributed by atoms with Crippen molar-refractivity contribution in [1.82, 2.24) is 15.3 Å². The van der Waals surface area contributed by atoms with Crippen molar-refractivity contribution in [3.8, 4) is 0 Å². The average Bonchev–Trinajstić information content (AvgIpc) is 2.34. The zero-order chi connectivity index (χ0) is 13.2. The van der Waals surface area contributed by atoms with E-state index in [9.17, 15) is 9.90 Å². The van der Waals surface area contributed by atoms with Gasteiger partial charge in [-0.1, -0.05) is 23.4 Å². The molecule has 1 heterocycles. The molecular weight excluding hydrogens is 274 g/mol.